The van der Waals surface area contributed by atoms with Crippen LogP contribution < -0.4 is 0 Å². The van der Waals surface area contributed by atoms with Gasteiger partial charge in [-0.25, -0.2) is 0 Å². The fourth-order valence-electron chi connectivity index (χ4n) is 2.31. The van der Waals surface area contributed by atoms with E-state index in [9.17, 15) is 4.79 Å². The largest absolute Gasteiger partial charge is 0.338 e. The summed E-state index contributed by atoms with van der Waals surface area (Å²) in [6.07, 6.45) is 0. The predicted octanol–water partition coefficient (Wildman–Crippen LogP) is 3.31. The van der Waals surface area contributed by atoms with Gasteiger partial charge in [0.1, 0.15) is 0 Å². The number of benzene rings is 1. The number of hydrogen-bond donors (Lipinski definition) is 0. The number of carbonyl (C=O) groups excluding carboxylic acids is 1. The second kappa shape index (κ2) is 8.15. The van der Waals surface area contributed by atoms with E-state index in [0.717, 1.165) is 22.1 Å². The van der Waals surface area contributed by atoms with Crippen LogP contribution in [0.1, 0.15) is 19.4 Å². The molecular weight excluding hydrogens is 320 g/mol. The highest BCUT2D eigenvalue weighted by Crippen LogP contribution is 2.23. The van der Waals surface area contributed by atoms with Gasteiger partial charge in [0, 0.05) is 25.7 Å². The van der Waals surface area contributed by atoms with Crippen molar-refractivity contribution in [2.24, 2.45) is 7.05 Å². The van der Waals surface area contributed by atoms with Crippen LogP contribution in [0.15, 0.2) is 41.6 Å². The molecule has 0 bridgehead atoms. The molecule has 0 saturated carbocycles. The first-order valence-electron chi connectivity index (χ1n) is 7.93. The van der Waals surface area contributed by atoms with E-state index in [1.165, 1.54) is 17.3 Å². The van der Waals surface area contributed by atoms with Crippen molar-refractivity contribution in [1.82, 2.24) is 19.7 Å². The van der Waals surface area contributed by atoms with Crippen molar-refractivity contribution in [2.45, 2.75) is 25.9 Å². The summed E-state index contributed by atoms with van der Waals surface area (Å²) in [5.41, 5.74) is 3.21. The maximum atomic E-state index is 12.3. The first kappa shape index (κ1) is 18.3. The molecule has 0 aliphatic carbocycles. The second-order valence-corrected chi connectivity index (χ2v) is 6.83. The molecule has 0 radical (unpaired) electrons. The Morgan fingerprint density at radius 3 is 2.54 bits per heavy atom. The van der Waals surface area contributed by atoms with Gasteiger partial charge in [0.15, 0.2) is 11.0 Å². The molecule has 2 rings (SSSR count). The van der Waals surface area contributed by atoms with Crippen LogP contribution in [0.25, 0.3) is 11.4 Å². The molecule has 0 aliphatic rings. The summed E-state index contributed by atoms with van der Waals surface area (Å²) in [6, 6.07) is 8.17. The van der Waals surface area contributed by atoms with Crippen molar-refractivity contribution in [3.8, 4) is 11.4 Å². The van der Waals surface area contributed by atoms with Crippen molar-refractivity contribution in [2.75, 3.05) is 18.8 Å². The molecule has 0 spiro atoms. The molecule has 128 valence electrons. The van der Waals surface area contributed by atoms with Gasteiger partial charge in [-0.1, -0.05) is 53.7 Å². The van der Waals surface area contributed by atoms with E-state index >= 15 is 0 Å². The van der Waals surface area contributed by atoms with Crippen LogP contribution in [0.2, 0.25) is 0 Å². The third-order valence-corrected chi connectivity index (χ3v) is 4.67. The van der Waals surface area contributed by atoms with E-state index in [0.29, 0.717) is 18.8 Å². The normalized spacial score (nSPS) is 10.7. The fraction of sp³-hybridized carbons (Fsp3) is 0.389. The van der Waals surface area contributed by atoms with E-state index < -0.39 is 0 Å². The van der Waals surface area contributed by atoms with E-state index in [1.807, 2.05) is 37.6 Å². The van der Waals surface area contributed by atoms with Crippen LogP contribution in [0, 0.1) is 6.92 Å². The van der Waals surface area contributed by atoms with Crippen LogP contribution >= 0.6 is 11.8 Å². The Balaban J connectivity index is 2.05. The monoisotopic (exact) mass is 344 g/mol. The molecule has 0 N–H and O–H groups in total. The molecule has 0 fully saturated rings. The molecule has 0 unspecified atom stereocenters. The van der Waals surface area contributed by atoms with E-state index in [4.69, 9.17) is 0 Å². The maximum Gasteiger partial charge on any atom is 0.233 e. The highest BCUT2D eigenvalue weighted by molar-refractivity contribution is 7.99. The number of rotatable bonds is 7. The molecule has 5 nitrogen and oxygen atoms in total. The SMILES string of the molecule is C=C(C)CN(CC)C(=O)CSc1nnc(-c2ccc(C)cc2)n1C. The summed E-state index contributed by atoms with van der Waals surface area (Å²) < 4.78 is 1.93. The quantitative estimate of drug-likeness (QED) is 0.571. The average Bonchev–Trinajstić information content (AvgIpc) is 2.92. The summed E-state index contributed by atoms with van der Waals surface area (Å²) in [7, 11) is 1.92. The van der Waals surface area contributed by atoms with Crippen molar-refractivity contribution >= 4 is 17.7 Å². The van der Waals surface area contributed by atoms with Crippen LogP contribution in [0.3, 0.4) is 0 Å². The van der Waals surface area contributed by atoms with Crippen molar-refractivity contribution in [1.29, 1.82) is 0 Å². The Hall–Kier alpha value is -2.08. The molecule has 0 saturated heterocycles. The molecular formula is C18H24N4OS. The third kappa shape index (κ3) is 4.47. The van der Waals surface area contributed by atoms with Crippen molar-refractivity contribution < 1.29 is 4.79 Å². The van der Waals surface area contributed by atoms with E-state index in [-0.39, 0.29) is 5.91 Å². The summed E-state index contributed by atoms with van der Waals surface area (Å²) in [4.78, 5) is 14.1. The minimum Gasteiger partial charge on any atom is -0.338 e. The predicted molar refractivity (Wildman–Crippen MR) is 99.0 cm³/mol. The zero-order chi connectivity index (χ0) is 17.7. The summed E-state index contributed by atoms with van der Waals surface area (Å²) in [5.74, 6) is 1.24. The molecule has 2 aromatic rings. The second-order valence-electron chi connectivity index (χ2n) is 5.88. The van der Waals surface area contributed by atoms with Crippen LogP contribution in [-0.2, 0) is 11.8 Å². The Labute approximate surface area is 147 Å². The van der Waals surface area contributed by atoms with Gasteiger partial charge >= 0.3 is 0 Å². The lowest BCUT2D eigenvalue weighted by molar-refractivity contribution is -0.127. The van der Waals surface area contributed by atoms with Crippen LogP contribution in [-0.4, -0.2) is 44.4 Å². The third-order valence-electron chi connectivity index (χ3n) is 3.66. The van der Waals surface area contributed by atoms with Gasteiger partial charge in [-0.15, -0.1) is 10.2 Å². The number of amides is 1. The molecule has 24 heavy (non-hydrogen) atoms. The Bertz CT molecular complexity index is 721. The lowest BCUT2D eigenvalue weighted by atomic mass is 10.1. The molecule has 0 aliphatic heterocycles. The number of likely N-dealkylation sites (N-methyl/N-ethyl adjacent to an activating group) is 1. The highest BCUT2D eigenvalue weighted by atomic mass is 32.2. The lowest BCUT2D eigenvalue weighted by Crippen LogP contribution is -2.33. The molecule has 1 aromatic carbocycles. The van der Waals surface area contributed by atoms with E-state index in [1.54, 1.807) is 4.90 Å². The number of carbonyl (C=O) groups is 1. The molecule has 1 heterocycles. The standard InChI is InChI=1S/C18H24N4OS/c1-6-22(11-13(2)3)16(23)12-24-18-20-19-17(21(18)5)15-9-7-14(4)8-10-15/h7-10H,2,6,11-12H2,1,3-5H3. The number of thioether (sulfide) groups is 1. The van der Waals surface area contributed by atoms with Gasteiger partial charge in [0.25, 0.3) is 0 Å². The lowest BCUT2D eigenvalue weighted by Gasteiger charge is -2.20. The molecule has 0 atom stereocenters. The summed E-state index contributed by atoms with van der Waals surface area (Å²) >= 11 is 1.41. The Kier molecular flexibility index (Phi) is 6.20. The average molecular weight is 344 g/mol. The molecule has 6 heteroatoms. The van der Waals surface area contributed by atoms with Gasteiger partial charge in [0.05, 0.1) is 5.75 Å². The summed E-state index contributed by atoms with van der Waals surface area (Å²) in [6.45, 7) is 11.1. The van der Waals surface area contributed by atoms with Gasteiger partial charge < -0.3 is 9.47 Å². The number of aromatic nitrogens is 3. The topological polar surface area (TPSA) is 51.0 Å². The van der Waals surface area contributed by atoms with Gasteiger partial charge in [-0.2, -0.15) is 0 Å². The first-order valence-corrected chi connectivity index (χ1v) is 8.92. The zero-order valence-electron chi connectivity index (χ0n) is 14.7. The Morgan fingerprint density at radius 2 is 1.96 bits per heavy atom. The van der Waals surface area contributed by atoms with Gasteiger partial charge in [-0.3, -0.25) is 4.79 Å². The highest BCUT2D eigenvalue weighted by Gasteiger charge is 2.16. The Morgan fingerprint density at radius 1 is 1.29 bits per heavy atom. The minimum absolute atomic E-state index is 0.0883. The molecule has 1 amide bonds. The van der Waals surface area contributed by atoms with Gasteiger partial charge in [-0.05, 0) is 20.8 Å². The van der Waals surface area contributed by atoms with Crippen molar-refractivity contribution in [3.63, 3.8) is 0 Å². The number of nitrogens with zero attached hydrogens (tertiary/aromatic N) is 4. The number of hydrogen-bond acceptors (Lipinski definition) is 4. The van der Waals surface area contributed by atoms with E-state index in [2.05, 4.69) is 35.8 Å². The molecule has 1 aromatic heterocycles. The maximum absolute atomic E-state index is 12.3. The summed E-state index contributed by atoms with van der Waals surface area (Å²) in [5, 5.41) is 9.22. The van der Waals surface area contributed by atoms with Gasteiger partial charge in [0.2, 0.25) is 5.91 Å². The zero-order valence-corrected chi connectivity index (χ0v) is 15.6. The smallest absolute Gasteiger partial charge is 0.233 e. The fourth-order valence-corrected chi connectivity index (χ4v) is 3.13. The van der Waals surface area contributed by atoms with Crippen molar-refractivity contribution in [3.05, 3.63) is 42.0 Å². The van der Waals surface area contributed by atoms with Crippen LogP contribution in [0.5, 0.6) is 0 Å². The first-order chi connectivity index (χ1) is 11.4. The minimum atomic E-state index is 0.0883. The van der Waals surface area contributed by atoms with Crippen LogP contribution in [0.4, 0.5) is 0 Å². The number of aryl methyl sites for hydroxylation is 1.